The van der Waals surface area contributed by atoms with Crippen LogP contribution in [0.4, 0.5) is 10.8 Å². The van der Waals surface area contributed by atoms with Crippen molar-refractivity contribution in [2.24, 2.45) is 0 Å². The second kappa shape index (κ2) is 11.2. The van der Waals surface area contributed by atoms with E-state index < -0.39 is 4.92 Å². The Morgan fingerprint density at radius 2 is 2.03 bits per heavy atom. The van der Waals surface area contributed by atoms with E-state index in [1.165, 1.54) is 34.8 Å². The van der Waals surface area contributed by atoms with Crippen molar-refractivity contribution in [2.45, 2.75) is 44.9 Å². The van der Waals surface area contributed by atoms with Crippen molar-refractivity contribution in [3.8, 4) is 11.3 Å². The van der Waals surface area contributed by atoms with Crippen LogP contribution in [0.2, 0.25) is 5.02 Å². The van der Waals surface area contributed by atoms with Crippen LogP contribution in [-0.4, -0.2) is 49.9 Å². The number of thiazole rings is 1. The van der Waals surface area contributed by atoms with Crippen molar-refractivity contribution in [1.82, 2.24) is 20.1 Å². The third kappa shape index (κ3) is 6.19. The van der Waals surface area contributed by atoms with E-state index in [0.29, 0.717) is 29.5 Å². The predicted molar refractivity (Wildman–Crippen MR) is 135 cm³/mol. The summed E-state index contributed by atoms with van der Waals surface area (Å²) in [6.07, 6.45) is 2.55. The molecule has 2 amide bonds. The molecule has 1 aromatic carbocycles. The topological polar surface area (TPSA) is 131 Å². The van der Waals surface area contributed by atoms with E-state index in [-0.39, 0.29) is 41.3 Å². The number of benzene rings is 1. The highest BCUT2D eigenvalue weighted by Gasteiger charge is 2.26. The Kier molecular flexibility index (Phi) is 8.04. The Labute approximate surface area is 214 Å². The van der Waals surface area contributed by atoms with Gasteiger partial charge in [0, 0.05) is 48.9 Å². The van der Waals surface area contributed by atoms with Crippen LogP contribution in [0.25, 0.3) is 11.3 Å². The molecule has 3 heterocycles. The van der Waals surface area contributed by atoms with E-state index in [9.17, 15) is 19.7 Å². The molecule has 0 saturated carbocycles. The van der Waals surface area contributed by atoms with Gasteiger partial charge in [-0.3, -0.25) is 19.7 Å². The first kappa shape index (κ1) is 25.1. The number of nitro benzene ring substituents is 1. The van der Waals surface area contributed by atoms with Crippen LogP contribution >= 0.6 is 34.3 Å². The molecular weight excluding hydrogens is 512 g/mol. The van der Waals surface area contributed by atoms with Gasteiger partial charge in [0.15, 0.2) is 0 Å². The maximum absolute atomic E-state index is 12.6. The molecule has 1 aliphatic rings. The SMILES string of the molecule is CCc1nnc(NC(=O)CCC(=O)N2CCC(c3nc(-c4ccc(Cl)c([N+](=O)[O-])c4)cs3)CC2)s1. The molecule has 10 nitrogen and oxygen atoms in total. The van der Waals surface area contributed by atoms with E-state index in [1.54, 1.807) is 11.0 Å². The summed E-state index contributed by atoms with van der Waals surface area (Å²) in [5.74, 6) is -0.0725. The Balaban J connectivity index is 1.27. The number of nitro groups is 1. The Bertz CT molecular complexity index is 1240. The lowest BCUT2D eigenvalue weighted by Gasteiger charge is -2.31. The van der Waals surface area contributed by atoms with Crippen molar-refractivity contribution in [1.29, 1.82) is 0 Å². The molecule has 1 aliphatic heterocycles. The van der Waals surface area contributed by atoms with Gasteiger partial charge in [0.1, 0.15) is 10.0 Å². The summed E-state index contributed by atoms with van der Waals surface area (Å²) >= 11 is 8.76. The number of hydrogen-bond donors (Lipinski definition) is 1. The number of carbonyl (C=O) groups excluding carboxylic acids is 2. The van der Waals surface area contributed by atoms with E-state index in [1.807, 2.05) is 12.3 Å². The highest BCUT2D eigenvalue weighted by atomic mass is 35.5. The Hall–Kier alpha value is -2.96. The molecule has 0 aliphatic carbocycles. The van der Waals surface area contributed by atoms with Gasteiger partial charge in [0.2, 0.25) is 16.9 Å². The number of carbonyl (C=O) groups is 2. The standard InChI is InChI=1S/C22H23ClN6O4S2/c1-2-19-26-27-22(35-19)25-18(30)5-6-20(31)28-9-7-13(8-10-28)21-24-16(12-34-21)14-3-4-15(23)17(11-14)29(32)33/h3-4,11-13H,2,5-10H2,1H3,(H,25,27,30). The molecule has 0 radical (unpaired) electrons. The smallest absolute Gasteiger partial charge is 0.288 e. The van der Waals surface area contributed by atoms with E-state index in [0.717, 1.165) is 29.3 Å². The minimum absolute atomic E-state index is 0.0431. The molecule has 4 rings (SSSR count). The Morgan fingerprint density at radius 3 is 2.71 bits per heavy atom. The van der Waals surface area contributed by atoms with Crippen molar-refractivity contribution in [3.63, 3.8) is 0 Å². The van der Waals surface area contributed by atoms with Crippen LogP contribution in [-0.2, 0) is 16.0 Å². The molecule has 1 N–H and O–H groups in total. The van der Waals surface area contributed by atoms with E-state index in [2.05, 4.69) is 15.5 Å². The van der Waals surface area contributed by atoms with Gasteiger partial charge < -0.3 is 10.2 Å². The average Bonchev–Trinajstić information content (AvgIpc) is 3.53. The van der Waals surface area contributed by atoms with Gasteiger partial charge in [-0.25, -0.2) is 4.98 Å². The van der Waals surface area contributed by atoms with Crippen molar-refractivity contribution >= 4 is 56.9 Å². The van der Waals surface area contributed by atoms with Gasteiger partial charge in [-0.2, -0.15) is 0 Å². The fraction of sp³-hybridized carbons (Fsp3) is 0.409. The first-order chi connectivity index (χ1) is 16.8. The zero-order chi connectivity index (χ0) is 24.9. The summed E-state index contributed by atoms with van der Waals surface area (Å²) in [6, 6.07) is 4.67. The minimum atomic E-state index is -0.506. The number of aromatic nitrogens is 3. The fourth-order valence-electron chi connectivity index (χ4n) is 3.80. The van der Waals surface area contributed by atoms with E-state index >= 15 is 0 Å². The number of aryl methyl sites for hydroxylation is 1. The molecule has 0 spiro atoms. The third-order valence-electron chi connectivity index (χ3n) is 5.74. The summed E-state index contributed by atoms with van der Waals surface area (Å²) in [7, 11) is 0. The van der Waals surface area contributed by atoms with Gasteiger partial charge in [0.05, 0.1) is 15.6 Å². The largest absolute Gasteiger partial charge is 0.343 e. The number of nitrogens with one attached hydrogen (secondary N) is 1. The molecule has 0 atom stereocenters. The molecule has 1 saturated heterocycles. The zero-order valence-electron chi connectivity index (χ0n) is 18.9. The minimum Gasteiger partial charge on any atom is -0.343 e. The lowest BCUT2D eigenvalue weighted by atomic mass is 9.97. The molecule has 35 heavy (non-hydrogen) atoms. The quantitative estimate of drug-likeness (QED) is 0.321. The molecule has 13 heteroatoms. The summed E-state index contributed by atoms with van der Waals surface area (Å²) < 4.78 is 0. The highest BCUT2D eigenvalue weighted by Crippen LogP contribution is 2.35. The molecule has 3 aromatic rings. The third-order valence-corrected chi connectivity index (χ3v) is 8.05. The molecule has 184 valence electrons. The predicted octanol–water partition coefficient (Wildman–Crippen LogP) is 4.91. The fourth-order valence-corrected chi connectivity index (χ4v) is 5.69. The molecule has 2 aromatic heterocycles. The number of hydrogen-bond acceptors (Lipinski definition) is 9. The number of likely N-dealkylation sites (tertiary alicyclic amines) is 1. The van der Waals surface area contributed by atoms with Crippen LogP contribution in [0.5, 0.6) is 0 Å². The van der Waals surface area contributed by atoms with Gasteiger partial charge in [-0.05, 0) is 25.3 Å². The maximum atomic E-state index is 12.6. The first-order valence-electron chi connectivity index (χ1n) is 11.1. The summed E-state index contributed by atoms with van der Waals surface area (Å²) in [4.78, 5) is 41.9. The van der Waals surface area contributed by atoms with Crippen LogP contribution in [0.15, 0.2) is 23.6 Å². The normalized spacial score (nSPS) is 14.2. The van der Waals surface area contributed by atoms with Crippen molar-refractivity contribution in [3.05, 3.63) is 48.7 Å². The van der Waals surface area contributed by atoms with Gasteiger partial charge in [-0.15, -0.1) is 21.5 Å². The molecule has 0 unspecified atom stereocenters. The van der Waals surface area contributed by atoms with Crippen LogP contribution in [0.1, 0.15) is 48.5 Å². The maximum Gasteiger partial charge on any atom is 0.288 e. The number of rotatable bonds is 8. The zero-order valence-corrected chi connectivity index (χ0v) is 21.3. The summed E-state index contributed by atoms with van der Waals surface area (Å²) in [5.41, 5.74) is 1.18. The second-order valence-electron chi connectivity index (χ2n) is 8.05. The summed E-state index contributed by atoms with van der Waals surface area (Å²) in [6.45, 7) is 3.17. The van der Waals surface area contributed by atoms with Gasteiger partial charge in [0.25, 0.3) is 5.69 Å². The number of amides is 2. The number of piperidine rings is 1. The summed E-state index contributed by atoms with van der Waals surface area (Å²) in [5, 5.41) is 26.0. The lowest BCUT2D eigenvalue weighted by molar-refractivity contribution is -0.384. The van der Waals surface area contributed by atoms with Gasteiger partial charge in [-0.1, -0.05) is 35.9 Å². The Morgan fingerprint density at radius 1 is 1.26 bits per heavy atom. The molecular formula is C22H23ClN6O4S2. The van der Waals surface area contributed by atoms with Crippen molar-refractivity contribution in [2.75, 3.05) is 18.4 Å². The van der Waals surface area contributed by atoms with Crippen LogP contribution in [0.3, 0.4) is 0 Å². The number of anilines is 1. The number of halogens is 1. The molecule has 0 bridgehead atoms. The monoisotopic (exact) mass is 534 g/mol. The second-order valence-corrected chi connectivity index (χ2v) is 10.4. The van der Waals surface area contributed by atoms with E-state index in [4.69, 9.17) is 16.6 Å². The lowest BCUT2D eigenvalue weighted by Crippen LogP contribution is -2.38. The van der Waals surface area contributed by atoms with Crippen molar-refractivity contribution < 1.29 is 14.5 Å². The highest BCUT2D eigenvalue weighted by molar-refractivity contribution is 7.15. The first-order valence-corrected chi connectivity index (χ1v) is 13.2. The van der Waals surface area contributed by atoms with Crippen LogP contribution in [0, 0.1) is 10.1 Å². The molecule has 1 fully saturated rings. The van der Waals surface area contributed by atoms with Crippen LogP contribution < -0.4 is 5.32 Å². The van der Waals surface area contributed by atoms with Gasteiger partial charge >= 0.3 is 0 Å². The number of nitrogens with zero attached hydrogens (tertiary/aromatic N) is 5. The average molecular weight is 535 g/mol.